The predicted octanol–water partition coefficient (Wildman–Crippen LogP) is 4.82. The second-order valence-electron chi connectivity index (χ2n) is 14.9. The van der Waals surface area contributed by atoms with Crippen LogP contribution >= 0.6 is 11.6 Å². The Bertz CT molecular complexity index is 1820. The average Bonchev–Trinajstić information content (AvgIpc) is 3.57. The molecule has 4 aliphatic rings. The van der Waals surface area contributed by atoms with Gasteiger partial charge >= 0.3 is 6.01 Å². The van der Waals surface area contributed by atoms with Crippen molar-refractivity contribution in [3.63, 3.8) is 0 Å². The van der Waals surface area contributed by atoms with Gasteiger partial charge in [-0.15, -0.1) is 0 Å². The van der Waals surface area contributed by atoms with Gasteiger partial charge in [-0.3, -0.25) is 13.5 Å². The number of aliphatic hydroxyl groups excluding tert-OH is 1. The van der Waals surface area contributed by atoms with Crippen LogP contribution in [0.1, 0.15) is 81.4 Å². The third-order valence-electron chi connectivity index (χ3n) is 11.6. The molecule has 6 rings (SSSR count). The fourth-order valence-electron chi connectivity index (χ4n) is 9.08. The highest BCUT2D eigenvalue weighted by molar-refractivity contribution is 7.86. The van der Waals surface area contributed by atoms with E-state index in [1.807, 2.05) is 6.92 Å². The molecule has 0 bridgehead atoms. The summed E-state index contributed by atoms with van der Waals surface area (Å²) in [4.78, 5) is 17.9. The maximum atomic E-state index is 16.9. The van der Waals surface area contributed by atoms with E-state index in [4.69, 9.17) is 37.2 Å². The molecule has 2 saturated heterocycles. The van der Waals surface area contributed by atoms with E-state index in [9.17, 15) is 13.7 Å². The number of rotatable bonds is 14. The number of nitrogens with one attached hydrogen (secondary N) is 1. The van der Waals surface area contributed by atoms with Crippen molar-refractivity contribution in [1.29, 1.82) is 5.41 Å². The minimum absolute atomic E-state index is 0.00723. The second-order valence-corrected chi connectivity index (χ2v) is 16.7. The Morgan fingerprint density at radius 1 is 1.30 bits per heavy atom. The summed E-state index contributed by atoms with van der Waals surface area (Å²) >= 11 is 6.69. The summed E-state index contributed by atoms with van der Waals surface area (Å²) in [6, 6.07) is 2.54. The number of hydrogen-bond acceptors (Lipinski definition) is 11. The lowest BCUT2D eigenvalue weighted by Gasteiger charge is -2.60. The molecular weight excluding hydrogens is 724 g/mol. The van der Waals surface area contributed by atoms with Crippen molar-refractivity contribution in [2.75, 3.05) is 62.9 Å². The number of benzene rings is 1. The average molecular weight is 778 g/mol. The number of alkyl halides is 1. The van der Waals surface area contributed by atoms with E-state index in [2.05, 4.69) is 21.6 Å². The zero-order valence-electron chi connectivity index (χ0n) is 31.4. The lowest BCUT2D eigenvalue weighted by Crippen LogP contribution is -2.65. The first-order valence-corrected chi connectivity index (χ1v) is 20.3. The van der Waals surface area contributed by atoms with E-state index >= 15 is 4.39 Å². The van der Waals surface area contributed by atoms with Crippen molar-refractivity contribution in [3.8, 4) is 6.01 Å². The summed E-state index contributed by atoms with van der Waals surface area (Å²) in [5, 5.41) is 18.9. The molecule has 0 amide bonds. The fourth-order valence-corrected chi connectivity index (χ4v) is 11.1. The van der Waals surface area contributed by atoms with Gasteiger partial charge in [-0.05, 0) is 87.7 Å². The maximum Gasteiger partial charge on any atom is 0.319 e. The monoisotopic (exact) mass is 777 g/mol. The molecule has 53 heavy (non-hydrogen) atoms. The molecule has 2 atom stereocenters. The number of aromatic nitrogens is 2. The molecule has 2 saturated carbocycles. The van der Waals surface area contributed by atoms with Gasteiger partial charge in [-0.1, -0.05) is 31.4 Å². The lowest BCUT2D eigenvalue weighted by atomic mass is 9.64. The topological polar surface area (TPSA) is 150 Å². The van der Waals surface area contributed by atoms with E-state index in [1.165, 1.54) is 7.11 Å². The van der Waals surface area contributed by atoms with E-state index in [1.54, 1.807) is 17.9 Å². The lowest BCUT2D eigenvalue weighted by molar-refractivity contribution is -0.0720. The van der Waals surface area contributed by atoms with Crippen molar-refractivity contribution in [1.82, 2.24) is 14.9 Å². The van der Waals surface area contributed by atoms with Crippen LogP contribution in [0.25, 0.3) is 11.7 Å². The van der Waals surface area contributed by atoms with Gasteiger partial charge in [0.15, 0.2) is 5.82 Å². The van der Waals surface area contributed by atoms with Gasteiger partial charge in [0.25, 0.3) is 0 Å². The Hall–Kier alpha value is -3.20. The molecule has 15 heteroatoms. The minimum atomic E-state index is -0.684. The van der Waals surface area contributed by atoms with Crippen LogP contribution in [0.4, 0.5) is 20.3 Å². The van der Waals surface area contributed by atoms with Crippen LogP contribution in [0.5, 0.6) is 6.01 Å². The molecule has 1 aromatic carbocycles. The molecular formula is C38H54ClF2N7O4S. The van der Waals surface area contributed by atoms with Gasteiger partial charge in [0.05, 0.1) is 20.9 Å². The second kappa shape index (κ2) is 17.5. The number of aliphatic imine (C=N–C) groups is 1. The third kappa shape index (κ3) is 8.11. The van der Waals surface area contributed by atoms with Gasteiger partial charge in [0.1, 0.15) is 23.1 Å². The highest BCUT2D eigenvalue weighted by atomic mass is 35.5. The third-order valence-corrected chi connectivity index (χ3v) is 14.0. The van der Waals surface area contributed by atoms with Crippen molar-refractivity contribution >= 4 is 58.5 Å². The molecule has 2 aliphatic carbocycles. The van der Waals surface area contributed by atoms with Crippen LogP contribution < -0.4 is 25.9 Å². The standard InChI is InChI=1S/C37H51ClFN7O4S.CH3F/c1-5-6-12-45(22-47)33-30(34(42-3)49-4)32(27(39)15-25-26(18-40)28(41)14-23(2)31(25)38)43-35(44-33)50-19-37-10-7-9-29(37)46(13-8-11-37)24-16-36(17-24)20-51(48)21-36;1-2/h14,18,24,29,40,47H,3,5-13,15-17,19-22,41H2,1-2,4H3;1H3/b32-27-,34-30-,40-18?;. The Balaban J connectivity index is 0.00000266. The first-order valence-electron chi connectivity index (χ1n) is 18.4. The van der Waals surface area contributed by atoms with Crippen LogP contribution in [-0.4, -0.2) is 101 Å². The largest absolute Gasteiger partial charge is 0.480 e. The number of halogens is 3. The quantitative estimate of drug-likeness (QED) is 0.140. The first kappa shape index (κ1) is 41.0. The molecule has 1 aromatic heterocycles. The molecule has 2 aliphatic heterocycles. The number of aryl methyl sites for hydroxylation is 1. The number of nitrogens with zero attached hydrogens (tertiary/aromatic N) is 5. The van der Waals surface area contributed by atoms with E-state index in [-0.39, 0.29) is 45.5 Å². The van der Waals surface area contributed by atoms with Crippen LogP contribution in [0.15, 0.2) is 11.1 Å². The van der Waals surface area contributed by atoms with E-state index < -0.39 is 23.4 Å². The molecule has 11 nitrogen and oxygen atoms in total. The van der Waals surface area contributed by atoms with Crippen LogP contribution in [0.3, 0.4) is 0 Å². The number of fused-ring (bicyclic) bond motifs is 1. The summed E-state index contributed by atoms with van der Waals surface area (Å²) in [6.45, 7) is 8.96. The molecule has 4 N–H and O–H groups in total. The highest BCUT2D eigenvalue weighted by Crippen LogP contribution is 2.55. The van der Waals surface area contributed by atoms with Crippen LogP contribution in [0, 0.1) is 23.2 Å². The van der Waals surface area contributed by atoms with Crippen molar-refractivity contribution in [2.24, 2.45) is 15.8 Å². The van der Waals surface area contributed by atoms with Gasteiger partial charge in [0.2, 0.25) is 5.88 Å². The molecule has 292 valence electrons. The normalized spacial score (nSPS) is 27.4. The van der Waals surface area contributed by atoms with Gasteiger partial charge in [-0.2, -0.15) is 9.97 Å². The number of methoxy groups -OCH3 is 1. The smallest absolute Gasteiger partial charge is 0.319 e. The number of likely N-dealkylation sites (tertiary alicyclic amines) is 1. The number of hydrogen-bond donors (Lipinski definition) is 3. The number of piperidine rings is 1. The van der Waals surface area contributed by atoms with Crippen LogP contribution in [0.2, 0.25) is 5.02 Å². The van der Waals surface area contributed by atoms with Crippen molar-refractivity contribution in [3.05, 3.63) is 38.3 Å². The van der Waals surface area contributed by atoms with E-state index in [0.29, 0.717) is 59.8 Å². The van der Waals surface area contributed by atoms with Gasteiger partial charge < -0.3 is 30.6 Å². The van der Waals surface area contributed by atoms with Crippen LogP contribution in [-0.2, 0) is 22.0 Å². The zero-order valence-corrected chi connectivity index (χ0v) is 32.9. The Kier molecular flexibility index (Phi) is 13.5. The number of anilines is 2. The fraction of sp³-hybridized carbons (Fsp3) is 0.632. The summed E-state index contributed by atoms with van der Waals surface area (Å²) in [5.41, 5.74) is 8.07. The summed E-state index contributed by atoms with van der Waals surface area (Å²) in [5.74, 6) is 1.22. The summed E-state index contributed by atoms with van der Waals surface area (Å²) < 4.78 is 50.5. The van der Waals surface area contributed by atoms with E-state index in [0.717, 1.165) is 82.1 Å². The Labute approximate surface area is 318 Å². The van der Waals surface area contributed by atoms with Crippen molar-refractivity contribution < 1.29 is 27.6 Å². The number of nitrogens with two attached hydrogens (primary N) is 1. The summed E-state index contributed by atoms with van der Waals surface area (Å²) in [6.07, 6.45) is 9.91. The number of aliphatic hydroxyl groups is 1. The molecule has 2 unspecified atom stereocenters. The molecule has 1 spiro atoms. The number of ether oxygens (including phenoxy) is 2. The zero-order chi connectivity index (χ0) is 38.5. The number of unbranched alkanes of at least 4 members (excludes halogenated alkanes) is 1. The van der Waals surface area contributed by atoms with Crippen molar-refractivity contribution in [2.45, 2.75) is 90.1 Å². The Morgan fingerprint density at radius 3 is 2.64 bits per heavy atom. The molecule has 4 fully saturated rings. The van der Waals surface area contributed by atoms with Gasteiger partial charge in [-0.25, -0.2) is 9.38 Å². The molecule has 0 radical (unpaired) electrons. The highest BCUT2D eigenvalue weighted by Gasteiger charge is 2.58. The minimum Gasteiger partial charge on any atom is -0.480 e. The number of nitrogen functional groups attached to an aromatic ring is 1. The predicted molar refractivity (Wildman–Crippen MR) is 209 cm³/mol. The SMILES string of the molecule is C=N/C(OC)=c1/c(N(CO)CCCC)nc(OCC23CCCC2N(C2CC4(C2)CS(=O)C4)CCC3)n/c1=C(\F)Cc1c(Cl)c(C)cc(N)c1C=N.CF. The summed E-state index contributed by atoms with van der Waals surface area (Å²) in [7, 11) is 1.26. The van der Waals surface area contributed by atoms with Gasteiger partial charge in [0, 0.05) is 75.3 Å². The first-order chi connectivity index (χ1) is 25.5. The Morgan fingerprint density at radius 2 is 2.02 bits per heavy atom. The molecule has 3 heterocycles. The molecule has 2 aromatic rings. The maximum absolute atomic E-state index is 16.9.